The van der Waals surface area contributed by atoms with E-state index in [0.29, 0.717) is 6.54 Å². The Morgan fingerprint density at radius 3 is 2.73 bits per heavy atom. The molecule has 0 bridgehead atoms. The summed E-state index contributed by atoms with van der Waals surface area (Å²) < 4.78 is 5.51. The normalized spacial score (nSPS) is 21.1. The van der Waals surface area contributed by atoms with Gasteiger partial charge in [-0.3, -0.25) is 9.69 Å². The maximum absolute atomic E-state index is 12.4. The first-order valence-corrected chi connectivity index (χ1v) is 7.79. The lowest BCUT2D eigenvalue weighted by Crippen LogP contribution is -2.56. The molecule has 122 valence electrons. The van der Waals surface area contributed by atoms with E-state index in [9.17, 15) is 4.79 Å². The molecule has 1 aliphatic heterocycles. The molecule has 1 aromatic rings. The van der Waals surface area contributed by atoms with Crippen LogP contribution in [0.4, 0.5) is 0 Å². The first-order chi connectivity index (χ1) is 10.3. The van der Waals surface area contributed by atoms with Crippen molar-refractivity contribution in [2.75, 3.05) is 32.8 Å². The number of rotatable bonds is 5. The summed E-state index contributed by atoms with van der Waals surface area (Å²) >= 11 is 0. The van der Waals surface area contributed by atoms with Crippen LogP contribution in [0.3, 0.4) is 0 Å². The molecule has 0 spiro atoms. The molecule has 0 radical (unpaired) electrons. The molecular formula is C17H27N3O2. The van der Waals surface area contributed by atoms with Gasteiger partial charge in [0.2, 0.25) is 5.91 Å². The lowest BCUT2D eigenvalue weighted by molar-refractivity contribution is -0.126. The van der Waals surface area contributed by atoms with Crippen molar-refractivity contribution in [2.45, 2.75) is 31.8 Å². The number of morpholine rings is 1. The minimum Gasteiger partial charge on any atom is -0.378 e. The Bertz CT molecular complexity index is 500. The van der Waals surface area contributed by atoms with E-state index in [-0.39, 0.29) is 11.4 Å². The third-order valence-electron chi connectivity index (χ3n) is 4.33. The predicted molar refractivity (Wildman–Crippen MR) is 87.5 cm³/mol. The number of carbonyl (C=O) groups is 1. The zero-order valence-corrected chi connectivity index (χ0v) is 13.8. The van der Waals surface area contributed by atoms with Gasteiger partial charge in [0.25, 0.3) is 0 Å². The predicted octanol–water partition coefficient (Wildman–Crippen LogP) is 1.09. The third-order valence-corrected chi connectivity index (χ3v) is 4.33. The number of hydrogen-bond donors (Lipinski definition) is 2. The number of amides is 1. The van der Waals surface area contributed by atoms with Crippen LogP contribution in [-0.4, -0.2) is 49.2 Å². The molecule has 1 aromatic carbocycles. The summed E-state index contributed by atoms with van der Waals surface area (Å²) in [7, 11) is 0. The lowest BCUT2D eigenvalue weighted by atomic mass is 9.92. The Morgan fingerprint density at radius 1 is 1.41 bits per heavy atom. The highest BCUT2D eigenvalue weighted by atomic mass is 16.5. The lowest BCUT2D eigenvalue weighted by Gasteiger charge is -2.42. The van der Waals surface area contributed by atoms with Gasteiger partial charge in [0, 0.05) is 25.2 Å². The SMILES string of the molecule is CC(N)(C(=O)NCCN1CCOCC1(C)C)c1ccccc1. The van der Waals surface area contributed by atoms with Crippen molar-refractivity contribution in [1.29, 1.82) is 0 Å². The third kappa shape index (κ3) is 3.85. The fourth-order valence-corrected chi connectivity index (χ4v) is 2.71. The van der Waals surface area contributed by atoms with Crippen molar-refractivity contribution in [1.82, 2.24) is 10.2 Å². The molecule has 0 saturated carbocycles. The van der Waals surface area contributed by atoms with E-state index < -0.39 is 5.54 Å². The van der Waals surface area contributed by atoms with Crippen molar-refractivity contribution < 1.29 is 9.53 Å². The highest BCUT2D eigenvalue weighted by Crippen LogP contribution is 2.19. The standard InChI is InChI=1S/C17H27N3O2/c1-16(2)13-22-12-11-20(16)10-9-19-15(21)17(3,18)14-7-5-4-6-8-14/h4-8H,9-13,18H2,1-3H3,(H,19,21). The molecule has 5 nitrogen and oxygen atoms in total. The zero-order chi connectivity index (χ0) is 16.2. The van der Waals surface area contributed by atoms with Crippen LogP contribution in [0.2, 0.25) is 0 Å². The van der Waals surface area contributed by atoms with Crippen molar-refractivity contribution in [3.8, 4) is 0 Å². The Kier molecular flexibility index (Phi) is 5.21. The fourth-order valence-electron chi connectivity index (χ4n) is 2.71. The second-order valence-corrected chi connectivity index (χ2v) is 6.68. The van der Waals surface area contributed by atoms with E-state index in [1.165, 1.54) is 0 Å². The minimum absolute atomic E-state index is 0.00836. The van der Waals surface area contributed by atoms with Crippen LogP contribution >= 0.6 is 0 Å². The van der Waals surface area contributed by atoms with Crippen LogP contribution in [0, 0.1) is 0 Å². The number of hydrogen-bond acceptors (Lipinski definition) is 4. The second-order valence-electron chi connectivity index (χ2n) is 6.68. The molecule has 1 heterocycles. The van der Waals surface area contributed by atoms with Gasteiger partial charge in [0.05, 0.1) is 13.2 Å². The van der Waals surface area contributed by atoms with Crippen molar-refractivity contribution in [2.24, 2.45) is 5.73 Å². The molecule has 1 aliphatic rings. The average molecular weight is 305 g/mol. The number of ether oxygens (including phenoxy) is 1. The van der Waals surface area contributed by atoms with Gasteiger partial charge in [-0.25, -0.2) is 0 Å². The smallest absolute Gasteiger partial charge is 0.244 e. The van der Waals surface area contributed by atoms with Crippen LogP contribution in [-0.2, 0) is 15.1 Å². The highest BCUT2D eigenvalue weighted by molar-refractivity contribution is 5.86. The van der Waals surface area contributed by atoms with Crippen LogP contribution in [0.1, 0.15) is 26.3 Å². The van der Waals surface area contributed by atoms with Gasteiger partial charge in [-0.05, 0) is 26.3 Å². The topological polar surface area (TPSA) is 67.6 Å². The van der Waals surface area contributed by atoms with Gasteiger partial charge >= 0.3 is 0 Å². The number of nitrogens with one attached hydrogen (secondary N) is 1. The van der Waals surface area contributed by atoms with E-state index in [0.717, 1.165) is 31.9 Å². The average Bonchev–Trinajstić information content (AvgIpc) is 2.49. The summed E-state index contributed by atoms with van der Waals surface area (Å²) in [4.78, 5) is 14.7. The Hall–Kier alpha value is -1.43. The van der Waals surface area contributed by atoms with E-state index in [2.05, 4.69) is 24.1 Å². The van der Waals surface area contributed by atoms with Crippen LogP contribution in [0.5, 0.6) is 0 Å². The molecule has 3 N–H and O–H groups in total. The molecule has 1 unspecified atom stereocenters. The molecule has 2 rings (SSSR count). The minimum atomic E-state index is -1.01. The Morgan fingerprint density at radius 2 is 2.09 bits per heavy atom. The van der Waals surface area contributed by atoms with Crippen LogP contribution < -0.4 is 11.1 Å². The molecule has 22 heavy (non-hydrogen) atoms. The number of nitrogens with two attached hydrogens (primary N) is 1. The molecule has 1 atom stereocenters. The molecule has 1 amide bonds. The molecule has 0 aromatic heterocycles. The summed E-state index contributed by atoms with van der Waals surface area (Å²) in [5.41, 5.74) is 6.02. The van der Waals surface area contributed by atoms with Crippen LogP contribution in [0.15, 0.2) is 30.3 Å². The summed E-state index contributed by atoms with van der Waals surface area (Å²) in [6.07, 6.45) is 0. The molecule has 5 heteroatoms. The van der Waals surface area contributed by atoms with Gasteiger partial charge in [-0.1, -0.05) is 30.3 Å². The van der Waals surface area contributed by atoms with Gasteiger partial charge < -0.3 is 15.8 Å². The van der Waals surface area contributed by atoms with Crippen molar-refractivity contribution >= 4 is 5.91 Å². The molecule has 1 fully saturated rings. The number of carbonyl (C=O) groups excluding carboxylic acids is 1. The Labute approximate surface area is 132 Å². The van der Waals surface area contributed by atoms with Gasteiger partial charge in [-0.2, -0.15) is 0 Å². The first-order valence-electron chi connectivity index (χ1n) is 7.79. The number of benzene rings is 1. The molecular weight excluding hydrogens is 278 g/mol. The first kappa shape index (κ1) is 16.9. The quantitative estimate of drug-likeness (QED) is 0.854. The van der Waals surface area contributed by atoms with Crippen molar-refractivity contribution in [3.05, 3.63) is 35.9 Å². The van der Waals surface area contributed by atoms with Crippen LogP contribution in [0.25, 0.3) is 0 Å². The summed E-state index contributed by atoms with van der Waals surface area (Å²) in [5.74, 6) is -0.148. The van der Waals surface area contributed by atoms with E-state index >= 15 is 0 Å². The van der Waals surface area contributed by atoms with Gasteiger partial charge in [-0.15, -0.1) is 0 Å². The zero-order valence-electron chi connectivity index (χ0n) is 13.8. The fraction of sp³-hybridized carbons (Fsp3) is 0.588. The summed E-state index contributed by atoms with van der Waals surface area (Å²) in [5, 5.41) is 2.96. The second kappa shape index (κ2) is 6.77. The Balaban J connectivity index is 1.87. The summed E-state index contributed by atoms with van der Waals surface area (Å²) in [6.45, 7) is 9.80. The highest BCUT2D eigenvalue weighted by Gasteiger charge is 2.32. The van der Waals surface area contributed by atoms with E-state index in [4.69, 9.17) is 10.5 Å². The number of nitrogens with zero attached hydrogens (tertiary/aromatic N) is 1. The molecule has 1 saturated heterocycles. The largest absolute Gasteiger partial charge is 0.378 e. The maximum atomic E-state index is 12.4. The maximum Gasteiger partial charge on any atom is 0.244 e. The van der Waals surface area contributed by atoms with Gasteiger partial charge in [0.15, 0.2) is 0 Å². The van der Waals surface area contributed by atoms with E-state index in [1.54, 1.807) is 6.92 Å². The van der Waals surface area contributed by atoms with E-state index in [1.807, 2.05) is 30.3 Å². The molecule has 0 aliphatic carbocycles. The van der Waals surface area contributed by atoms with Crippen molar-refractivity contribution in [3.63, 3.8) is 0 Å². The van der Waals surface area contributed by atoms with Gasteiger partial charge in [0.1, 0.15) is 5.54 Å². The summed E-state index contributed by atoms with van der Waals surface area (Å²) in [6, 6.07) is 9.46. The monoisotopic (exact) mass is 305 g/mol.